The zero-order valence-electron chi connectivity index (χ0n) is 22.8. The Morgan fingerprint density at radius 1 is 0.739 bits per heavy atom. The average molecular weight is 683 g/mol. The zero-order chi connectivity index (χ0) is 33.0. The molecule has 1 N–H and O–H groups in total. The van der Waals surface area contributed by atoms with Crippen LogP contribution < -0.4 is 14.2 Å². The molecule has 1 aliphatic heterocycles. The molecule has 0 spiro atoms. The van der Waals surface area contributed by atoms with Gasteiger partial charge in [0.05, 0.1) is 27.4 Å². The number of carboxylic acid groups (broad SMARTS) is 1. The first-order chi connectivity index (χ1) is 21.7. The topological polar surface area (TPSA) is 78.1 Å². The molecule has 3 atom stereocenters. The molecule has 0 saturated heterocycles. The lowest BCUT2D eigenvalue weighted by Crippen LogP contribution is -2.08. The minimum absolute atomic E-state index is 0.0844. The monoisotopic (exact) mass is 682 g/mol. The van der Waals surface area contributed by atoms with Gasteiger partial charge in [0.2, 0.25) is 0 Å². The number of carbonyl (C=O) groups is 1. The van der Waals surface area contributed by atoms with E-state index >= 15 is 0 Å². The first kappa shape index (κ1) is 31.4. The Hall–Kier alpha value is -4.55. The van der Waals surface area contributed by atoms with E-state index in [0.717, 1.165) is 41.3 Å². The summed E-state index contributed by atoms with van der Waals surface area (Å²) in [7, 11) is 0. The van der Waals surface area contributed by atoms with Gasteiger partial charge in [-0.25, -0.2) is 0 Å². The minimum atomic E-state index is -4.48. The fourth-order valence-corrected chi connectivity index (χ4v) is 5.41. The second-order valence-corrected chi connectivity index (χ2v) is 11.1. The van der Waals surface area contributed by atoms with Crippen molar-refractivity contribution in [2.75, 3.05) is 0 Å². The van der Waals surface area contributed by atoms with E-state index < -0.39 is 35.4 Å². The first-order valence-electron chi connectivity index (χ1n) is 13.3. The molecule has 1 saturated carbocycles. The second kappa shape index (κ2) is 11.7. The lowest BCUT2D eigenvalue weighted by atomic mass is 10.1. The van der Waals surface area contributed by atoms with Gasteiger partial charge >= 0.3 is 18.3 Å². The van der Waals surface area contributed by atoms with Crippen LogP contribution in [0.1, 0.15) is 22.6 Å². The van der Waals surface area contributed by atoms with Crippen molar-refractivity contribution in [3.05, 3.63) is 112 Å². The second-order valence-electron chi connectivity index (χ2n) is 10.3. The van der Waals surface area contributed by atoms with Crippen LogP contribution in [0.5, 0.6) is 28.7 Å². The van der Waals surface area contributed by atoms with Gasteiger partial charge < -0.3 is 23.7 Å². The highest BCUT2D eigenvalue weighted by molar-refractivity contribution is 6.32. The summed E-state index contributed by atoms with van der Waals surface area (Å²) in [5.74, 6) is -0.0465. The van der Waals surface area contributed by atoms with E-state index in [4.69, 9.17) is 46.9 Å². The van der Waals surface area contributed by atoms with E-state index in [0.29, 0.717) is 22.8 Å². The summed E-state index contributed by atoms with van der Waals surface area (Å²) in [5, 5.41) is 9.68. The van der Waals surface area contributed by atoms with Gasteiger partial charge in [-0.15, -0.1) is 0 Å². The number of hydrogen-bond acceptors (Lipinski definition) is 5. The van der Waals surface area contributed by atoms with E-state index in [9.17, 15) is 31.1 Å². The molecule has 46 heavy (non-hydrogen) atoms. The number of benzene rings is 4. The molecule has 0 radical (unpaired) electrons. The molecule has 0 bridgehead atoms. The van der Waals surface area contributed by atoms with Crippen LogP contribution in [0.4, 0.5) is 26.3 Å². The van der Waals surface area contributed by atoms with E-state index in [1.54, 1.807) is 48.7 Å². The number of ether oxygens (including phenoxy) is 3. The standard InChI is InChI=1S/C17H10ClF3O4.C15H8ClF3O2/c18-10-5-7(17(19,20)21)1-4-11(10)24-8-2-3-9-12(6-8)25-15-13(9)14(15)16(22)23;16-12-7-10(15(17,18)19)2-4-13(12)21-11-3-1-9-5-6-20-14(9)8-11/h1-6,13-15H,(H,22,23);1-8H/t13-,14-,15-;/m1./s1. The Morgan fingerprint density at radius 2 is 1.30 bits per heavy atom. The normalized spacial score (nSPS) is 18.1. The molecule has 14 heteroatoms. The van der Waals surface area contributed by atoms with Crippen LogP contribution in [-0.4, -0.2) is 17.2 Å². The molecule has 1 fully saturated rings. The predicted molar refractivity (Wildman–Crippen MR) is 154 cm³/mol. The fraction of sp³-hybridized carbons (Fsp3) is 0.156. The van der Waals surface area contributed by atoms with Crippen LogP contribution in [0.3, 0.4) is 0 Å². The molecule has 1 aliphatic carbocycles. The van der Waals surface area contributed by atoms with Crippen molar-refractivity contribution in [1.82, 2.24) is 0 Å². The highest BCUT2D eigenvalue weighted by Gasteiger charge is 2.63. The number of hydrogen-bond donors (Lipinski definition) is 1. The maximum Gasteiger partial charge on any atom is 0.416 e. The van der Waals surface area contributed by atoms with Gasteiger partial charge in [-0.05, 0) is 60.7 Å². The number of halogens is 8. The predicted octanol–water partition coefficient (Wildman–Crippen LogP) is 10.6. The van der Waals surface area contributed by atoms with Crippen molar-refractivity contribution in [2.45, 2.75) is 24.4 Å². The van der Waals surface area contributed by atoms with Crippen molar-refractivity contribution in [3.8, 4) is 28.7 Å². The van der Waals surface area contributed by atoms with Crippen LogP contribution >= 0.6 is 23.2 Å². The molecule has 7 rings (SSSR count). The third kappa shape index (κ3) is 6.40. The molecule has 238 valence electrons. The molecule has 5 aromatic rings. The van der Waals surface area contributed by atoms with Crippen LogP contribution in [0.15, 0.2) is 89.5 Å². The van der Waals surface area contributed by atoms with Gasteiger partial charge in [0.1, 0.15) is 46.4 Å². The van der Waals surface area contributed by atoms with Crippen molar-refractivity contribution in [1.29, 1.82) is 0 Å². The molecule has 2 aliphatic rings. The number of alkyl halides is 6. The fourth-order valence-electron chi connectivity index (χ4n) is 4.97. The summed E-state index contributed by atoms with van der Waals surface area (Å²) in [6.07, 6.45) is -7.74. The lowest BCUT2D eigenvalue weighted by Gasteiger charge is -2.12. The molecular weight excluding hydrogens is 665 g/mol. The summed E-state index contributed by atoms with van der Waals surface area (Å²) >= 11 is 11.7. The summed E-state index contributed by atoms with van der Waals surface area (Å²) in [4.78, 5) is 11.0. The number of carboxylic acids is 1. The van der Waals surface area contributed by atoms with E-state index in [2.05, 4.69) is 0 Å². The number of rotatable bonds is 5. The maximum absolute atomic E-state index is 12.6. The van der Waals surface area contributed by atoms with Crippen LogP contribution in [0, 0.1) is 5.92 Å². The van der Waals surface area contributed by atoms with Crippen molar-refractivity contribution in [2.24, 2.45) is 5.92 Å². The summed E-state index contributed by atoms with van der Waals surface area (Å²) in [5.41, 5.74) is -0.262. The molecule has 1 aromatic heterocycles. The van der Waals surface area contributed by atoms with E-state index in [1.165, 1.54) is 6.07 Å². The van der Waals surface area contributed by atoms with Gasteiger partial charge in [0.15, 0.2) is 0 Å². The highest BCUT2D eigenvalue weighted by atomic mass is 35.5. The average Bonchev–Trinajstić information content (AvgIpc) is 3.30. The third-order valence-electron chi connectivity index (χ3n) is 7.25. The zero-order valence-corrected chi connectivity index (χ0v) is 24.3. The third-order valence-corrected chi connectivity index (χ3v) is 7.84. The van der Waals surface area contributed by atoms with Crippen molar-refractivity contribution < 1.29 is 54.9 Å². The van der Waals surface area contributed by atoms with E-state index in [-0.39, 0.29) is 33.6 Å². The van der Waals surface area contributed by atoms with E-state index in [1.807, 2.05) is 0 Å². The lowest BCUT2D eigenvalue weighted by molar-refractivity contribution is -0.139. The SMILES string of the molecule is FC(F)(F)c1ccc(Oc2ccc3ccoc3c2)c(Cl)c1.O=C(O)[C@H]1[C@@H]2Oc3cc(Oc4ccc(C(F)(F)F)cc4Cl)ccc3[C@@H]21. The summed E-state index contributed by atoms with van der Waals surface area (Å²) in [6, 6.07) is 17.6. The van der Waals surface area contributed by atoms with Crippen LogP contribution in [0.25, 0.3) is 11.0 Å². The number of fused-ring (bicyclic) bond motifs is 4. The minimum Gasteiger partial charge on any atom is -0.488 e. The Balaban J connectivity index is 0.000000164. The van der Waals surface area contributed by atoms with Gasteiger partial charge in [-0.1, -0.05) is 29.3 Å². The Labute approximate surface area is 265 Å². The largest absolute Gasteiger partial charge is 0.488 e. The smallest absolute Gasteiger partial charge is 0.416 e. The van der Waals surface area contributed by atoms with Crippen LogP contribution in [0.2, 0.25) is 10.0 Å². The summed E-state index contributed by atoms with van der Waals surface area (Å²) < 4.78 is 97.4. The quantitative estimate of drug-likeness (QED) is 0.186. The first-order valence-corrected chi connectivity index (χ1v) is 14.0. The maximum atomic E-state index is 12.6. The Bertz CT molecular complexity index is 1950. The van der Waals surface area contributed by atoms with Gasteiger partial charge in [0, 0.05) is 29.0 Å². The molecule has 4 aromatic carbocycles. The van der Waals surface area contributed by atoms with Crippen molar-refractivity contribution >= 4 is 40.1 Å². The van der Waals surface area contributed by atoms with Gasteiger partial charge in [-0.2, -0.15) is 26.3 Å². The molecule has 0 unspecified atom stereocenters. The summed E-state index contributed by atoms with van der Waals surface area (Å²) in [6.45, 7) is 0. The highest BCUT2D eigenvalue weighted by Crippen LogP contribution is 2.59. The number of furan rings is 1. The molecular formula is C32H18Cl2F6O6. The van der Waals surface area contributed by atoms with Gasteiger partial charge in [-0.3, -0.25) is 4.79 Å². The molecule has 2 heterocycles. The molecule has 0 amide bonds. The van der Waals surface area contributed by atoms with Crippen LogP contribution in [-0.2, 0) is 17.1 Å². The number of aliphatic carboxylic acids is 1. The molecule has 6 nitrogen and oxygen atoms in total. The Kier molecular flexibility index (Phi) is 7.97. The Morgan fingerprint density at radius 3 is 1.85 bits per heavy atom. The van der Waals surface area contributed by atoms with Crippen molar-refractivity contribution in [3.63, 3.8) is 0 Å². The van der Waals surface area contributed by atoms with Gasteiger partial charge in [0.25, 0.3) is 0 Å².